The van der Waals surface area contributed by atoms with E-state index in [-0.39, 0.29) is 6.61 Å². The van der Waals surface area contributed by atoms with Gasteiger partial charge in [0.25, 0.3) is 0 Å². The van der Waals surface area contributed by atoms with Gasteiger partial charge in [-0.3, -0.25) is 4.52 Å². The average Bonchev–Trinajstić information content (AvgIpc) is 3.14. The summed E-state index contributed by atoms with van der Waals surface area (Å²) in [5.74, 6) is 0. The van der Waals surface area contributed by atoms with Crippen LogP contribution in [0.5, 0.6) is 0 Å². The molecule has 0 heterocycles. The first-order chi connectivity index (χ1) is 28.4. The van der Waals surface area contributed by atoms with E-state index < -0.39 is 7.82 Å². The maximum absolute atomic E-state index is 10.8. The zero-order valence-corrected chi connectivity index (χ0v) is 41.8. The number of hydrogen-bond acceptors (Lipinski definition) is 2. The molecule has 340 valence electrons. The highest BCUT2D eigenvalue weighted by Gasteiger charge is 2.11. The fraction of sp³-hybridized carbons (Fsp3) is 0.600. The summed E-state index contributed by atoms with van der Waals surface area (Å²) in [7, 11) is -4.40. The lowest BCUT2D eigenvalue weighted by atomic mass is 10.0. The lowest BCUT2D eigenvalue weighted by Crippen LogP contribution is -1.89. The van der Waals surface area contributed by atoms with E-state index in [0.29, 0.717) is 0 Å². The molecule has 0 saturated heterocycles. The first kappa shape index (κ1) is 57.2. The Hall–Kier alpha value is -2.75. The van der Waals surface area contributed by atoms with Crippen molar-refractivity contribution in [1.82, 2.24) is 0 Å². The number of allylic oxidation sites excluding steroid dienone is 21. The van der Waals surface area contributed by atoms with Crippen LogP contribution in [0.2, 0.25) is 0 Å². The maximum Gasteiger partial charge on any atom is 0.469 e. The third-order valence-electron chi connectivity index (χ3n) is 11.0. The van der Waals surface area contributed by atoms with Gasteiger partial charge in [-0.1, -0.05) is 128 Å². The Morgan fingerprint density at radius 2 is 0.483 bits per heavy atom. The van der Waals surface area contributed by atoms with E-state index in [1.807, 2.05) is 6.92 Å². The first-order valence-electron chi connectivity index (χ1n) is 23.3. The quantitative estimate of drug-likeness (QED) is 0.0510. The van der Waals surface area contributed by atoms with Crippen LogP contribution in [0.25, 0.3) is 0 Å². The molecule has 0 amide bonds. The largest absolute Gasteiger partial charge is 0.469 e. The molecule has 0 spiro atoms. The molecule has 0 aromatic heterocycles. The van der Waals surface area contributed by atoms with Crippen LogP contribution < -0.4 is 0 Å². The van der Waals surface area contributed by atoms with E-state index in [1.165, 1.54) is 75.0 Å². The molecular weight excluding hydrogens is 756 g/mol. The molecule has 0 fully saturated rings. The Morgan fingerprint density at radius 1 is 0.317 bits per heavy atom. The molecule has 4 nitrogen and oxygen atoms in total. The minimum absolute atomic E-state index is 0.0550. The summed E-state index contributed by atoms with van der Waals surface area (Å²) in [5, 5.41) is 0. The van der Waals surface area contributed by atoms with Crippen molar-refractivity contribution < 1.29 is 18.9 Å². The molecule has 0 aromatic carbocycles. The predicted octanol–water partition coefficient (Wildman–Crippen LogP) is 18.3. The standard InChI is InChI=1S/C55H91O4P/c1-45(2)23-13-24-46(3)25-14-26-47(4)27-15-28-48(5)29-16-30-49(6)31-17-32-50(7)33-18-34-51(8)35-19-36-52(9)37-20-38-53(10)39-21-40-54(11)41-22-42-55(12)43-44-59-60(56,57)58/h23,25,27,29,31,33,35,37,39,41,43H,13-22,24,26,28,30,32,34,36,38,40,42,44H2,1-12H3,(H2,56,57,58)/b46-25+,47-27+,48-29-,49-31-,50-33-,51-35-,52-37-,53-39-,54-41-,55-43-. The fourth-order valence-electron chi connectivity index (χ4n) is 6.80. The van der Waals surface area contributed by atoms with E-state index in [0.717, 1.165) is 115 Å². The van der Waals surface area contributed by atoms with Crippen molar-refractivity contribution in [3.8, 4) is 0 Å². The molecule has 0 aliphatic heterocycles. The lowest BCUT2D eigenvalue weighted by molar-refractivity contribution is 0.215. The normalized spacial score (nSPS) is 15.0. The summed E-state index contributed by atoms with van der Waals surface area (Å²) >= 11 is 0. The predicted molar refractivity (Wildman–Crippen MR) is 267 cm³/mol. The molecule has 0 aliphatic carbocycles. The third kappa shape index (κ3) is 39.4. The zero-order chi connectivity index (χ0) is 45.2. The van der Waals surface area contributed by atoms with Crippen molar-refractivity contribution >= 4 is 7.82 Å². The van der Waals surface area contributed by atoms with Crippen molar-refractivity contribution in [3.05, 3.63) is 128 Å². The molecule has 0 atom stereocenters. The van der Waals surface area contributed by atoms with Crippen molar-refractivity contribution in [3.63, 3.8) is 0 Å². The summed E-state index contributed by atoms with van der Waals surface area (Å²) in [5.41, 5.74) is 15.9. The molecule has 0 saturated carbocycles. The molecule has 0 rings (SSSR count). The van der Waals surface area contributed by atoms with E-state index in [9.17, 15) is 4.57 Å². The molecule has 60 heavy (non-hydrogen) atoms. The minimum atomic E-state index is -4.40. The topological polar surface area (TPSA) is 66.8 Å². The van der Waals surface area contributed by atoms with Gasteiger partial charge in [0.2, 0.25) is 0 Å². The SMILES string of the molecule is CC(C)=CCC/C(C)=C/CC/C(C)=C/CC/C(C)=C\CC/C(C)=C\CC/C(C)=C\CC/C(C)=C\CC/C(C)=C\CC/C(C)=C\CC/C(C)=C\CC/C(C)=C\COP(=O)(O)O. The Bertz CT molecular complexity index is 1600. The van der Waals surface area contributed by atoms with Crippen molar-refractivity contribution in [1.29, 1.82) is 0 Å². The number of hydrogen-bond donors (Lipinski definition) is 2. The van der Waals surface area contributed by atoms with Gasteiger partial charge in [0.15, 0.2) is 0 Å². The van der Waals surface area contributed by atoms with Gasteiger partial charge in [-0.05, 0) is 212 Å². The monoisotopic (exact) mass is 847 g/mol. The molecule has 0 aromatic rings. The summed E-state index contributed by atoms with van der Waals surface area (Å²) in [6.07, 6.45) is 48.1. The highest BCUT2D eigenvalue weighted by atomic mass is 31.2. The Kier molecular flexibility index (Phi) is 34.2. The van der Waals surface area contributed by atoms with Crippen LogP contribution in [0.3, 0.4) is 0 Å². The van der Waals surface area contributed by atoms with Gasteiger partial charge < -0.3 is 9.79 Å². The fourth-order valence-corrected chi connectivity index (χ4v) is 7.07. The number of phosphoric acid groups is 1. The lowest BCUT2D eigenvalue weighted by Gasteiger charge is -2.04. The van der Waals surface area contributed by atoms with Crippen LogP contribution in [0, 0.1) is 0 Å². The number of rotatable bonds is 33. The van der Waals surface area contributed by atoms with Crippen LogP contribution in [-0.2, 0) is 9.09 Å². The summed E-state index contributed by atoms with van der Waals surface area (Å²) in [6.45, 7) is 26.7. The second-order valence-electron chi connectivity index (χ2n) is 18.0. The van der Waals surface area contributed by atoms with Crippen molar-refractivity contribution in [2.24, 2.45) is 0 Å². The molecular formula is C55H91O4P. The van der Waals surface area contributed by atoms with Gasteiger partial charge in [0, 0.05) is 0 Å². The van der Waals surface area contributed by atoms with Crippen LogP contribution in [0.15, 0.2) is 128 Å². The van der Waals surface area contributed by atoms with Crippen LogP contribution >= 0.6 is 7.82 Å². The molecule has 5 heteroatoms. The van der Waals surface area contributed by atoms with Gasteiger partial charge in [-0.2, -0.15) is 0 Å². The van der Waals surface area contributed by atoms with Gasteiger partial charge in [-0.15, -0.1) is 0 Å². The molecule has 0 unspecified atom stereocenters. The second kappa shape index (κ2) is 35.8. The van der Waals surface area contributed by atoms with E-state index >= 15 is 0 Å². The van der Waals surface area contributed by atoms with Crippen molar-refractivity contribution in [2.45, 2.75) is 212 Å². The molecule has 2 N–H and O–H groups in total. The summed E-state index contributed by atoms with van der Waals surface area (Å²) in [4.78, 5) is 17.5. The Morgan fingerprint density at radius 3 is 0.650 bits per heavy atom. The van der Waals surface area contributed by atoms with E-state index in [2.05, 4.69) is 141 Å². The van der Waals surface area contributed by atoms with Crippen LogP contribution in [0.1, 0.15) is 212 Å². The Balaban J connectivity index is 4.28. The summed E-state index contributed by atoms with van der Waals surface area (Å²) in [6, 6.07) is 0. The minimum Gasteiger partial charge on any atom is -0.303 e. The second-order valence-corrected chi connectivity index (χ2v) is 19.2. The molecule has 0 bridgehead atoms. The van der Waals surface area contributed by atoms with E-state index in [4.69, 9.17) is 9.79 Å². The highest BCUT2D eigenvalue weighted by Crippen LogP contribution is 2.35. The van der Waals surface area contributed by atoms with Gasteiger partial charge in [-0.25, -0.2) is 4.57 Å². The average molecular weight is 847 g/mol. The first-order valence-corrected chi connectivity index (χ1v) is 24.8. The maximum atomic E-state index is 10.8. The zero-order valence-electron chi connectivity index (χ0n) is 40.9. The smallest absolute Gasteiger partial charge is 0.303 e. The van der Waals surface area contributed by atoms with Crippen molar-refractivity contribution in [2.75, 3.05) is 6.61 Å². The summed E-state index contributed by atoms with van der Waals surface area (Å²) < 4.78 is 15.3. The molecule has 0 aliphatic rings. The Labute approximate surface area is 371 Å². The number of phosphoric ester groups is 1. The van der Waals surface area contributed by atoms with Crippen LogP contribution in [-0.4, -0.2) is 16.4 Å². The molecule has 0 radical (unpaired) electrons. The van der Waals surface area contributed by atoms with Gasteiger partial charge >= 0.3 is 7.82 Å². The third-order valence-corrected chi connectivity index (χ3v) is 11.5. The van der Waals surface area contributed by atoms with E-state index in [1.54, 1.807) is 6.08 Å². The highest BCUT2D eigenvalue weighted by molar-refractivity contribution is 7.46. The van der Waals surface area contributed by atoms with Gasteiger partial charge in [0.05, 0.1) is 6.61 Å². The van der Waals surface area contributed by atoms with Crippen LogP contribution in [0.4, 0.5) is 0 Å². The van der Waals surface area contributed by atoms with Gasteiger partial charge in [0.1, 0.15) is 0 Å².